The molecule has 4 nitrogen and oxygen atoms in total. The molecule has 0 bridgehead atoms. The molecular formula is C12H8Cl2O4S3. The van der Waals surface area contributed by atoms with Crippen molar-refractivity contribution in [2.24, 2.45) is 0 Å². The molecule has 0 heterocycles. The van der Waals surface area contributed by atoms with Gasteiger partial charge in [0.25, 0.3) is 0 Å². The maximum Gasteiger partial charge on any atom is 0.244 e. The Morgan fingerprint density at radius 1 is 0.619 bits per heavy atom. The molecule has 0 atom stereocenters. The van der Waals surface area contributed by atoms with Gasteiger partial charge in [0, 0.05) is 10.0 Å². The summed E-state index contributed by atoms with van der Waals surface area (Å²) in [4.78, 5) is -0.260. The minimum absolute atomic E-state index is 0.120. The van der Waals surface area contributed by atoms with Crippen molar-refractivity contribution in [3.63, 3.8) is 0 Å². The zero-order valence-electron chi connectivity index (χ0n) is 10.2. The highest BCUT2D eigenvalue weighted by atomic mass is 35.5. The van der Waals surface area contributed by atoms with E-state index in [0.29, 0.717) is 10.0 Å². The van der Waals surface area contributed by atoms with E-state index in [0.717, 1.165) is 0 Å². The van der Waals surface area contributed by atoms with E-state index in [2.05, 4.69) is 0 Å². The molecule has 9 heteroatoms. The summed E-state index contributed by atoms with van der Waals surface area (Å²) in [6.07, 6.45) is 0. The number of halogens is 2. The molecule has 0 saturated heterocycles. The van der Waals surface area contributed by atoms with Crippen molar-refractivity contribution in [1.29, 1.82) is 0 Å². The van der Waals surface area contributed by atoms with Crippen molar-refractivity contribution in [3.8, 4) is 0 Å². The Kier molecular flexibility index (Phi) is 4.89. The van der Waals surface area contributed by atoms with E-state index >= 15 is 0 Å². The summed E-state index contributed by atoms with van der Waals surface area (Å²) in [6.45, 7) is 0. The van der Waals surface area contributed by atoms with E-state index in [-0.39, 0.29) is 19.6 Å². The molecular weight excluding hydrogens is 375 g/mol. The zero-order chi connectivity index (χ0) is 15.7. The van der Waals surface area contributed by atoms with Gasteiger partial charge >= 0.3 is 0 Å². The van der Waals surface area contributed by atoms with Crippen LogP contribution in [0, 0.1) is 0 Å². The zero-order valence-corrected chi connectivity index (χ0v) is 14.2. The molecule has 0 aliphatic rings. The van der Waals surface area contributed by atoms with E-state index < -0.39 is 17.7 Å². The molecule has 112 valence electrons. The molecule has 0 aliphatic heterocycles. The minimum Gasteiger partial charge on any atom is -0.211 e. The molecule has 0 fully saturated rings. The molecule has 0 aliphatic carbocycles. The van der Waals surface area contributed by atoms with Crippen LogP contribution in [0.15, 0.2) is 58.3 Å². The van der Waals surface area contributed by atoms with Crippen molar-refractivity contribution in [2.75, 3.05) is 0 Å². The van der Waals surface area contributed by atoms with Crippen LogP contribution >= 0.6 is 33.0 Å². The minimum atomic E-state index is -4.06. The first-order chi connectivity index (χ1) is 9.71. The fourth-order valence-electron chi connectivity index (χ4n) is 1.40. The highest BCUT2D eigenvalue weighted by Crippen LogP contribution is 2.34. The molecule has 0 N–H and O–H groups in total. The predicted molar refractivity (Wildman–Crippen MR) is 84.9 cm³/mol. The molecule has 0 saturated carbocycles. The van der Waals surface area contributed by atoms with E-state index in [1.165, 1.54) is 48.5 Å². The quantitative estimate of drug-likeness (QED) is 0.752. The third-order valence-corrected chi connectivity index (χ3v) is 10.4. The molecule has 0 radical (unpaired) electrons. The number of benzene rings is 2. The van der Waals surface area contributed by atoms with Gasteiger partial charge in [0.15, 0.2) is 0 Å². The Hall–Kier alpha value is -0.730. The lowest BCUT2D eigenvalue weighted by Crippen LogP contribution is -2.03. The Morgan fingerprint density at radius 2 is 0.905 bits per heavy atom. The molecule has 0 spiro atoms. The van der Waals surface area contributed by atoms with E-state index in [1.54, 1.807) is 0 Å². The van der Waals surface area contributed by atoms with Crippen LogP contribution in [0.2, 0.25) is 10.0 Å². The summed E-state index contributed by atoms with van der Waals surface area (Å²) in [5.74, 6) is 0. The van der Waals surface area contributed by atoms with Crippen LogP contribution in [0.3, 0.4) is 0 Å². The van der Waals surface area contributed by atoms with Gasteiger partial charge in [0.1, 0.15) is 9.83 Å². The fraction of sp³-hybridized carbons (Fsp3) is 0. The van der Waals surface area contributed by atoms with Gasteiger partial charge in [-0.1, -0.05) is 23.2 Å². The second kappa shape index (κ2) is 6.18. The second-order valence-electron chi connectivity index (χ2n) is 3.88. The molecule has 2 aromatic rings. The highest BCUT2D eigenvalue weighted by Gasteiger charge is 2.27. The summed E-state index contributed by atoms with van der Waals surface area (Å²) >= 11 is 11.3. The van der Waals surface area contributed by atoms with Crippen LogP contribution in [0.25, 0.3) is 0 Å². The maximum atomic E-state index is 12.1. The van der Waals surface area contributed by atoms with Gasteiger partial charge < -0.3 is 0 Å². The maximum absolute atomic E-state index is 12.1. The monoisotopic (exact) mass is 382 g/mol. The van der Waals surface area contributed by atoms with Gasteiger partial charge in [-0.3, -0.25) is 0 Å². The number of rotatable bonds is 4. The lowest BCUT2D eigenvalue weighted by atomic mass is 10.4. The summed E-state index contributed by atoms with van der Waals surface area (Å²) in [7, 11) is -8.23. The molecule has 0 unspecified atom stereocenters. The largest absolute Gasteiger partial charge is 0.244 e. The molecule has 0 aromatic heterocycles. The van der Waals surface area contributed by atoms with Crippen molar-refractivity contribution in [1.82, 2.24) is 0 Å². The van der Waals surface area contributed by atoms with Crippen LogP contribution in [0.5, 0.6) is 0 Å². The van der Waals surface area contributed by atoms with E-state index in [9.17, 15) is 16.8 Å². The Morgan fingerprint density at radius 3 is 1.19 bits per heavy atom. The van der Waals surface area contributed by atoms with Crippen LogP contribution in [0.4, 0.5) is 0 Å². The van der Waals surface area contributed by atoms with E-state index in [4.69, 9.17) is 23.2 Å². The van der Waals surface area contributed by atoms with Crippen LogP contribution in [-0.2, 0) is 17.7 Å². The number of hydrogen-bond donors (Lipinski definition) is 0. The molecule has 0 amide bonds. The van der Waals surface area contributed by atoms with Gasteiger partial charge in [-0.15, -0.1) is 0 Å². The predicted octanol–water partition coefficient (Wildman–Crippen LogP) is 3.80. The average Bonchev–Trinajstić information content (AvgIpc) is 2.38. The van der Waals surface area contributed by atoms with Crippen molar-refractivity contribution >= 4 is 50.8 Å². The van der Waals surface area contributed by atoms with Crippen LogP contribution in [-0.4, -0.2) is 16.8 Å². The van der Waals surface area contributed by atoms with E-state index in [1.807, 2.05) is 0 Å². The van der Waals surface area contributed by atoms with Gasteiger partial charge in [-0.05, 0) is 48.5 Å². The van der Waals surface area contributed by atoms with Crippen molar-refractivity contribution in [2.45, 2.75) is 9.79 Å². The van der Waals surface area contributed by atoms with Crippen molar-refractivity contribution in [3.05, 3.63) is 58.6 Å². The smallest absolute Gasteiger partial charge is 0.211 e. The summed E-state index contributed by atoms with van der Waals surface area (Å²) in [5.41, 5.74) is 0. The SMILES string of the molecule is O=S(=O)(SS(=O)(=O)c1ccc(Cl)cc1)c1ccc(Cl)cc1. The summed E-state index contributed by atoms with van der Waals surface area (Å²) in [6, 6.07) is 10.5. The standard InChI is InChI=1S/C12H8Cl2O4S3/c13-9-1-5-11(6-2-9)20(15,16)19-21(17,18)12-7-3-10(14)4-8-12/h1-8H. The van der Waals surface area contributed by atoms with Gasteiger partial charge in [0.05, 0.1) is 9.79 Å². The first-order valence-corrected chi connectivity index (χ1v) is 11.0. The second-order valence-corrected chi connectivity index (χ2v) is 11.9. The first kappa shape index (κ1) is 16.6. The molecule has 21 heavy (non-hydrogen) atoms. The normalized spacial score (nSPS) is 12.3. The Labute approximate surface area is 135 Å². The third kappa shape index (κ3) is 4.14. The third-order valence-electron chi connectivity index (χ3n) is 2.38. The van der Waals surface area contributed by atoms with Gasteiger partial charge in [-0.2, -0.15) is 0 Å². The van der Waals surface area contributed by atoms with Gasteiger partial charge in [0.2, 0.25) is 17.7 Å². The van der Waals surface area contributed by atoms with Crippen LogP contribution in [0.1, 0.15) is 0 Å². The van der Waals surface area contributed by atoms with Gasteiger partial charge in [-0.25, -0.2) is 16.8 Å². The Balaban J connectivity index is 2.35. The Bertz CT molecular complexity index is 769. The average molecular weight is 383 g/mol. The lowest BCUT2D eigenvalue weighted by molar-refractivity contribution is 0.608. The summed E-state index contributed by atoms with van der Waals surface area (Å²) < 4.78 is 48.5. The number of hydrogen-bond acceptors (Lipinski definition) is 5. The van der Waals surface area contributed by atoms with Crippen LogP contribution < -0.4 is 0 Å². The molecule has 2 rings (SSSR count). The summed E-state index contributed by atoms with van der Waals surface area (Å²) in [5, 5.41) is 0.721. The van der Waals surface area contributed by atoms with Crippen molar-refractivity contribution < 1.29 is 16.8 Å². The fourth-order valence-corrected chi connectivity index (χ4v) is 8.37. The molecule has 2 aromatic carbocycles. The first-order valence-electron chi connectivity index (χ1n) is 5.43. The lowest BCUT2D eigenvalue weighted by Gasteiger charge is -2.05. The topological polar surface area (TPSA) is 68.3 Å². The highest BCUT2D eigenvalue weighted by molar-refractivity contribution is 9.04.